The van der Waals surface area contributed by atoms with Crippen molar-refractivity contribution < 1.29 is 28.5 Å². The number of Topliss-reactive ketones (excluding diaryl/α,β-unsaturated/α-hetero) is 1. The van der Waals surface area contributed by atoms with Gasteiger partial charge in [-0.2, -0.15) is 0 Å². The number of carbonyl (C=O) groups excluding carboxylic acids is 2. The van der Waals surface area contributed by atoms with Crippen molar-refractivity contribution >= 4 is 35.5 Å². The first kappa shape index (κ1) is 26.8. The maximum absolute atomic E-state index is 13.2. The molecule has 41 heavy (non-hydrogen) atoms. The van der Waals surface area contributed by atoms with Crippen molar-refractivity contribution in [1.82, 2.24) is 4.90 Å². The summed E-state index contributed by atoms with van der Waals surface area (Å²) in [7, 11) is 3.10. The van der Waals surface area contributed by atoms with E-state index in [4.69, 9.17) is 18.9 Å². The lowest BCUT2D eigenvalue weighted by Gasteiger charge is -2.20. The number of methoxy groups -OCH3 is 2. The van der Waals surface area contributed by atoms with Gasteiger partial charge in [-0.25, -0.2) is 0 Å². The second kappa shape index (κ2) is 10.9. The summed E-state index contributed by atoms with van der Waals surface area (Å²) in [5.74, 6) is 1.93. The van der Waals surface area contributed by atoms with E-state index < -0.39 is 0 Å². The summed E-state index contributed by atoms with van der Waals surface area (Å²) in [5.41, 5.74) is 4.30. The maximum atomic E-state index is 13.2. The number of fused-ring (bicyclic) bond motifs is 4. The van der Waals surface area contributed by atoms with Crippen molar-refractivity contribution in [3.05, 3.63) is 59.7 Å². The first-order valence-corrected chi connectivity index (χ1v) is 13.8. The Kier molecular flexibility index (Phi) is 7.11. The number of ether oxygens (including phenoxy) is 4. The lowest BCUT2D eigenvalue weighted by molar-refractivity contribution is 0.0777. The minimum absolute atomic E-state index is 0.0750. The normalized spacial score (nSPS) is 22.5. The Morgan fingerprint density at radius 1 is 0.805 bits per heavy atom. The molecule has 3 atom stereocenters. The molecular formula is C32H33N3O6. The minimum atomic E-state index is -0.118. The van der Waals surface area contributed by atoms with Gasteiger partial charge in [0.2, 0.25) is 0 Å². The van der Waals surface area contributed by atoms with Gasteiger partial charge < -0.3 is 23.8 Å². The first-order chi connectivity index (χ1) is 19.9. The van der Waals surface area contributed by atoms with Crippen LogP contribution in [-0.4, -0.2) is 69.0 Å². The van der Waals surface area contributed by atoms with Crippen LogP contribution in [0.4, 0.5) is 11.4 Å². The van der Waals surface area contributed by atoms with Crippen LogP contribution in [0, 0.1) is 11.8 Å². The first-order valence-electron chi connectivity index (χ1n) is 13.8. The van der Waals surface area contributed by atoms with Crippen LogP contribution in [0.1, 0.15) is 46.4 Å². The number of benzene rings is 2. The molecule has 9 nitrogen and oxygen atoms in total. The van der Waals surface area contributed by atoms with Gasteiger partial charge in [-0.15, -0.1) is 0 Å². The molecular weight excluding hydrogens is 522 g/mol. The highest BCUT2D eigenvalue weighted by Gasteiger charge is 2.38. The molecule has 0 spiro atoms. The minimum Gasteiger partial charge on any atom is -0.493 e. The summed E-state index contributed by atoms with van der Waals surface area (Å²) in [6.45, 7) is 9.32. The van der Waals surface area contributed by atoms with Gasteiger partial charge in [-0.3, -0.25) is 19.6 Å². The molecule has 1 saturated carbocycles. The number of nitrogens with zero attached hydrogens (tertiary/aromatic N) is 3. The second-order valence-corrected chi connectivity index (χ2v) is 10.9. The number of ketones is 1. The molecule has 3 heterocycles. The van der Waals surface area contributed by atoms with E-state index in [1.807, 2.05) is 6.21 Å². The van der Waals surface area contributed by atoms with Gasteiger partial charge in [0.1, 0.15) is 0 Å². The monoisotopic (exact) mass is 555 g/mol. The third-order valence-corrected chi connectivity index (χ3v) is 8.09. The molecule has 0 radical (unpaired) electrons. The summed E-state index contributed by atoms with van der Waals surface area (Å²) >= 11 is 0. The maximum Gasteiger partial charge on any atom is 0.257 e. The average Bonchev–Trinajstić information content (AvgIpc) is 3.48. The van der Waals surface area contributed by atoms with E-state index in [9.17, 15) is 9.59 Å². The highest BCUT2D eigenvalue weighted by molar-refractivity contribution is 6.06. The Balaban J connectivity index is 1.11. The predicted octanol–water partition coefficient (Wildman–Crippen LogP) is 5.52. The quantitative estimate of drug-likeness (QED) is 0.314. The van der Waals surface area contributed by atoms with Crippen LogP contribution in [0.3, 0.4) is 0 Å². The number of rotatable bonds is 8. The molecule has 2 fully saturated rings. The third kappa shape index (κ3) is 5.01. The van der Waals surface area contributed by atoms with E-state index in [0.29, 0.717) is 78.1 Å². The molecule has 1 unspecified atom stereocenters. The van der Waals surface area contributed by atoms with Gasteiger partial charge in [-0.05, 0) is 31.4 Å². The van der Waals surface area contributed by atoms with Crippen LogP contribution in [-0.2, 0) is 0 Å². The van der Waals surface area contributed by atoms with Crippen molar-refractivity contribution in [3.63, 3.8) is 0 Å². The topological polar surface area (TPSA) is 99.0 Å². The SMILES string of the molecule is C=C1CC2C(=O)c3cc(OC)c(OCCCOc4cc5c(cc4OC)C(=O)N4CC(=C)C[C@H]4C=N5)cc3N=C[C@@H]2C1. The number of aliphatic imine (C=N–C) groups is 2. The fourth-order valence-electron chi connectivity index (χ4n) is 5.99. The summed E-state index contributed by atoms with van der Waals surface area (Å²) in [6.07, 6.45) is 6.46. The van der Waals surface area contributed by atoms with E-state index in [1.165, 1.54) is 0 Å². The number of carbonyl (C=O) groups is 2. The Hall–Kier alpha value is -4.40. The van der Waals surface area contributed by atoms with E-state index >= 15 is 0 Å². The number of hydrogen-bond donors (Lipinski definition) is 0. The molecule has 1 saturated heterocycles. The summed E-state index contributed by atoms with van der Waals surface area (Å²) in [6, 6.07) is 6.85. The fourth-order valence-corrected chi connectivity index (χ4v) is 5.99. The van der Waals surface area contributed by atoms with Gasteiger partial charge in [0.25, 0.3) is 5.91 Å². The molecule has 2 aromatic carbocycles. The summed E-state index contributed by atoms with van der Waals surface area (Å²) < 4.78 is 23.1. The molecule has 4 aliphatic rings. The summed E-state index contributed by atoms with van der Waals surface area (Å²) in [5, 5.41) is 0. The Morgan fingerprint density at radius 2 is 1.44 bits per heavy atom. The van der Waals surface area contributed by atoms with Gasteiger partial charge in [0.05, 0.1) is 50.4 Å². The van der Waals surface area contributed by atoms with Crippen LogP contribution in [0.25, 0.3) is 0 Å². The molecule has 9 heteroatoms. The van der Waals surface area contributed by atoms with E-state index in [0.717, 1.165) is 24.0 Å². The van der Waals surface area contributed by atoms with Crippen molar-refractivity contribution in [3.8, 4) is 23.0 Å². The van der Waals surface area contributed by atoms with Crippen LogP contribution in [0.2, 0.25) is 0 Å². The van der Waals surface area contributed by atoms with Crippen LogP contribution < -0.4 is 18.9 Å². The molecule has 0 bridgehead atoms. The fraction of sp³-hybridized carbons (Fsp3) is 0.375. The van der Waals surface area contributed by atoms with Gasteiger partial charge in [-0.1, -0.05) is 24.3 Å². The molecule has 6 rings (SSSR count). The zero-order valence-electron chi connectivity index (χ0n) is 23.4. The van der Waals surface area contributed by atoms with E-state index in [1.54, 1.807) is 49.6 Å². The summed E-state index contributed by atoms with van der Waals surface area (Å²) in [4.78, 5) is 37.4. The molecule has 1 amide bonds. The van der Waals surface area contributed by atoms with E-state index in [-0.39, 0.29) is 29.6 Å². The third-order valence-electron chi connectivity index (χ3n) is 8.09. The molecule has 0 N–H and O–H groups in total. The largest absolute Gasteiger partial charge is 0.493 e. The molecule has 0 aromatic heterocycles. The van der Waals surface area contributed by atoms with Crippen molar-refractivity contribution in [1.29, 1.82) is 0 Å². The lowest BCUT2D eigenvalue weighted by Crippen LogP contribution is -2.35. The number of amides is 1. The van der Waals surface area contributed by atoms with Gasteiger partial charge >= 0.3 is 0 Å². The number of allylic oxidation sites excluding steroid dienone is 1. The van der Waals surface area contributed by atoms with Gasteiger partial charge in [0, 0.05) is 54.9 Å². The second-order valence-electron chi connectivity index (χ2n) is 10.9. The predicted molar refractivity (Wildman–Crippen MR) is 156 cm³/mol. The Morgan fingerprint density at radius 3 is 2.12 bits per heavy atom. The lowest BCUT2D eigenvalue weighted by atomic mass is 9.89. The molecule has 2 aromatic rings. The average molecular weight is 556 g/mol. The molecule has 212 valence electrons. The van der Waals surface area contributed by atoms with Crippen molar-refractivity contribution in [2.75, 3.05) is 34.0 Å². The highest BCUT2D eigenvalue weighted by Crippen LogP contribution is 2.44. The van der Waals surface area contributed by atoms with Gasteiger partial charge in [0.15, 0.2) is 28.8 Å². The van der Waals surface area contributed by atoms with Crippen molar-refractivity contribution in [2.24, 2.45) is 21.8 Å². The zero-order valence-corrected chi connectivity index (χ0v) is 23.4. The molecule has 3 aliphatic heterocycles. The zero-order chi connectivity index (χ0) is 28.7. The standard InChI is InChI=1S/C32H33N3O6/c1-18-8-20-15-33-25-13-29(27(38-3)11-23(25)31(36)22(20)10-18)40-6-5-7-41-30-14-26-24(12-28(30)39-4)32(37)35-17-19(2)9-21(35)16-34-26/h11-16,20-22H,1-2,5-10,17H2,3-4H3/t20-,21-,22?/m0/s1. The van der Waals surface area contributed by atoms with Crippen LogP contribution in [0.5, 0.6) is 23.0 Å². The Labute approximate surface area is 239 Å². The van der Waals surface area contributed by atoms with E-state index in [2.05, 4.69) is 23.1 Å². The van der Waals surface area contributed by atoms with Crippen molar-refractivity contribution in [2.45, 2.75) is 31.7 Å². The Bertz CT molecular complexity index is 1400. The van der Waals surface area contributed by atoms with Crippen LogP contribution >= 0.6 is 0 Å². The highest BCUT2D eigenvalue weighted by atomic mass is 16.5. The number of hydrogen-bond acceptors (Lipinski definition) is 8. The molecule has 1 aliphatic carbocycles. The smallest absolute Gasteiger partial charge is 0.257 e. The van der Waals surface area contributed by atoms with Crippen LogP contribution in [0.15, 0.2) is 58.6 Å².